The van der Waals surface area contributed by atoms with Gasteiger partial charge in [-0.25, -0.2) is 4.79 Å². The Morgan fingerprint density at radius 2 is 1.76 bits per heavy atom. The van der Waals surface area contributed by atoms with Crippen LogP contribution in [0, 0.1) is 0 Å². The maximum atomic E-state index is 13.5. The lowest BCUT2D eigenvalue weighted by atomic mass is 9.89. The number of carbonyl (C=O) groups is 2. The molecule has 1 N–H and O–H groups in total. The Kier molecular flexibility index (Phi) is 8.00. The third-order valence-corrected chi connectivity index (χ3v) is 6.46. The number of carbonyl (C=O) groups excluding carboxylic acids is 2. The molecule has 0 radical (unpaired) electrons. The summed E-state index contributed by atoms with van der Waals surface area (Å²) in [5.41, 5.74) is -0.953. The molecule has 1 aliphatic rings. The summed E-state index contributed by atoms with van der Waals surface area (Å²) in [5.74, 6) is -0.0644. The van der Waals surface area contributed by atoms with Gasteiger partial charge in [-0.3, -0.25) is 9.59 Å². The van der Waals surface area contributed by atoms with E-state index in [4.69, 9.17) is 14.2 Å². The summed E-state index contributed by atoms with van der Waals surface area (Å²) < 4.78 is 17.6. The fraction of sp³-hybridized carbons (Fsp3) is 0.560. The molecule has 1 aliphatic carbocycles. The van der Waals surface area contributed by atoms with Gasteiger partial charge < -0.3 is 24.1 Å². The molecule has 180 valence electrons. The average Bonchev–Trinajstić information content (AvgIpc) is 3.08. The SMILES string of the molecule is CCCCn1c(=O)c(C(=O)NC2(C(=O)OC)CCCCCC2)cc2ccc(OC)c(OC)c21. The van der Waals surface area contributed by atoms with Gasteiger partial charge in [-0.15, -0.1) is 0 Å². The van der Waals surface area contributed by atoms with Gasteiger partial charge in [-0.05, 0) is 37.5 Å². The van der Waals surface area contributed by atoms with Crippen LogP contribution in [0.5, 0.6) is 11.5 Å². The number of hydrogen-bond acceptors (Lipinski definition) is 6. The molecule has 2 aromatic rings. The maximum absolute atomic E-state index is 13.5. The van der Waals surface area contributed by atoms with E-state index in [-0.39, 0.29) is 5.56 Å². The third-order valence-electron chi connectivity index (χ3n) is 6.46. The van der Waals surface area contributed by atoms with Crippen LogP contribution >= 0.6 is 0 Å². The summed E-state index contributed by atoms with van der Waals surface area (Å²) in [5, 5.41) is 3.58. The minimum atomic E-state index is -1.12. The Hall–Kier alpha value is -3.03. The number of pyridine rings is 1. The number of amides is 1. The molecule has 0 bridgehead atoms. The van der Waals surface area contributed by atoms with Crippen molar-refractivity contribution in [2.45, 2.75) is 70.4 Å². The molecule has 1 aromatic carbocycles. The van der Waals surface area contributed by atoms with E-state index in [9.17, 15) is 14.4 Å². The molecular formula is C25H34N2O6. The van der Waals surface area contributed by atoms with Gasteiger partial charge in [-0.1, -0.05) is 39.0 Å². The highest BCUT2D eigenvalue weighted by atomic mass is 16.5. The zero-order valence-corrected chi connectivity index (χ0v) is 20.0. The minimum absolute atomic E-state index is 0.00153. The van der Waals surface area contributed by atoms with Crippen molar-refractivity contribution in [2.75, 3.05) is 21.3 Å². The highest BCUT2D eigenvalue weighted by molar-refractivity contribution is 6.01. The number of benzene rings is 1. The van der Waals surface area contributed by atoms with E-state index in [1.165, 1.54) is 14.2 Å². The number of fused-ring (bicyclic) bond motifs is 1. The molecule has 0 spiro atoms. The smallest absolute Gasteiger partial charge is 0.331 e. The van der Waals surface area contributed by atoms with Crippen molar-refractivity contribution in [2.24, 2.45) is 0 Å². The van der Waals surface area contributed by atoms with Crippen molar-refractivity contribution < 1.29 is 23.8 Å². The van der Waals surface area contributed by atoms with Crippen LogP contribution in [0.25, 0.3) is 10.9 Å². The number of nitrogens with zero attached hydrogens (tertiary/aromatic N) is 1. The summed E-state index contributed by atoms with van der Waals surface area (Å²) in [4.78, 5) is 39.7. The van der Waals surface area contributed by atoms with E-state index in [0.29, 0.717) is 41.8 Å². The van der Waals surface area contributed by atoms with Crippen molar-refractivity contribution in [3.63, 3.8) is 0 Å². The fourth-order valence-corrected chi connectivity index (χ4v) is 4.67. The van der Waals surface area contributed by atoms with Crippen LogP contribution in [0.2, 0.25) is 0 Å². The van der Waals surface area contributed by atoms with Gasteiger partial charge in [0, 0.05) is 11.9 Å². The van der Waals surface area contributed by atoms with E-state index >= 15 is 0 Å². The van der Waals surface area contributed by atoms with Gasteiger partial charge in [0.2, 0.25) is 0 Å². The van der Waals surface area contributed by atoms with E-state index in [1.54, 1.807) is 29.9 Å². The molecule has 0 atom stereocenters. The molecule has 0 saturated heterocycles. The Morgan fingerprint density at radius 1 is 1.06 bits per heavy atom. The van der Waals surface area contributed by atoms with Crippen molar-refractivity contribution in [3.05, 3.63) is 34.1 Å². The van der Waals surface area contributed by atoms with Crippen LogP contribution in [0.1, 0.15) is 68.6 Å². The molecule has 33 heavy (non-hydrogen) atoms. The zero-order chi connectivity index (χ0) is 24.0. The summed E-state index contributed by atoms with van der Waals surface area (Å²) in [6.45, 7) is 2.46. The van der Waals surface area contributed by atoms with Crippen LogP contribution in [-0.4, -0.2) is 43.3 Å². The number of unbranched alkanes of at least 4 members (excludes halogenated alkanes) is 1. The largest absolute Gasteiger partial charge is 0.493 e. The Labute approximate surface area is 194 Å². The van der Waals surface area contributed by atoms with Gasteiger partial charge in [0.15, 0.2) is 11.5 Å². The molecule has 0 unspecified atom stereocenters. The van der Waals surface area contributed by atoms with Crippen LogP contribution in [0.4, 0.5) is 0 Å². The number of ether oxygens (including phenoxy) is 3. The number of aryl methyl sites for hydroxylation is 1. The highest BCUT2D eigenvalue weighted by Crippen LogP contribution is 2.35. The quantitative estimate of drug-likeness (QED) is 0.477. The predicted octanol–water partition coefficient (Wildman–Crippen LogP) is 3.81. The molecule has 8 nitrogen and oxygen atoms in total. The van der Waals surface area contributed by atoms with Gasteiger partial charge in [-0.2, -0.15) is 0 Å². The lowest BCUT2D eigenvalue weighted by molar-refractivity contribution is -0.148. The number of hydrogen-bond donors (Lipinski definition) is 1. The first-order valence-electron chi connectivity index (χ1n) is 11.6. The van der Waals surface area contributed by atoms with Crippen molar-refractivity contribution >= 4 is 22.8 Å². The highest BCUT2D eigenvalue weighted by Gasteiger charge is 2.41. The van der Waals surface area contributed by atoms with Crippen molar-refractivity contribution in [1.29, 1.82) is 0 Å². The number of rotatable bonds is 8. The lowest BCUT2D eigenvalue weighted by Crippen LogP contribution is -2.55. The molecule has 8 heteroatoms. The van der Waals surface area contributed by atoms with Crippen LogP contribution in [0.3, 0.4) is 0 Å². The van der Waals surface area contributed by atoms with E-state index in [1.807, 2.05) is 6.92 Å². The Morgan fingerprint density at radius 3 is 2.33 bits per heavy atom. The molecule has 1 aromatic heterocycles. The van der Waals surface area contributed by atoms with E-state index in [0.717, 1.165) is 38.5 Å². The Balaban J connectivity index is 2.14. The number of esters is 1. The number of nitrogens with one attached hydrogen (secondary N) is 1. The minimum Gasteiger partial charge on any atom is -0.493 e. The fourth-order valence-electron chi connectivity index (χ4n) is 4.67. The molecular weight excluding hydrogens is 424 g/mol. The topological polar surface area (TPSA) is 95.9 Å². The molecule has 1 heterocycles. The summed E-state index contributed by atoms with van der Waals surface area (Å²) >= 11 is 0. The third kappa shape index (κ3) is 4.84. The van der Waals surface area contributed by atoms with Crippen molar-refractivity contribution in [1.82, 2.24) is 9.88 Å². The van der Waals surface area contributed by atoms with Gasteiger partial charge in [0.1, 0.15) is 11.1 Å². The Bertz CT molecular complexity index is 1070. The first-order chi connectivity index (χ1) is 15.9. The second-order valence-electron chi connectivity index (χ2n) is 8.55. The molecule has 3 rings (SSSR count). The molecule has 1 saturated carbocycles. The second kappa shape index (κ2) is 10.7. The maximum Gasteiger partial charge on any atom is 0.331 e. The molecule has 1 amide bonds. The number of methoxy groups -OCH3 is 3. The lowest BCUT2D eigenvalue weighted by Gasteiger charge is -2.31. The van der Waals surface area contributed by atoms with Crippen LogP contribution < -0.4 is 20.3 Å². The monoisotopic (exact) mass is 458 g/mol. The molecule has 0 aliphatic heterocycles. The normalized spacial score (nSPS) is 15.5. The first-order valence-corrected chi connectivity index (χ1v) is 11.6. The van der Waals surface area contributed by atoms with E-state index in [2.05, 4.69) is 5.32 Å². The summed E-state index contributed by atoms with van der Waals surface area (Å²) in [6.07, 6.45) is 6.23. The van der Waals surface area contributed by atoms with E-state index < -0.39 is 23.0 Å². The van der Waals surface area contributed by atoms with Crippen LogP contribution in [0.15, 0.2) is 23.0 Å². The predicted molar refractivity (Wildman–Crippen MR) is 126 cm³/mol. The summed E-state index contributed by atoms with van der Waals surface area (Å²) in [6, 6.07) is 5.12. The zero-order valence-electron chi connectivity index (χ0n) is 20.0. The van der Waals surface area contributed by atoms with Crippen molar-refractivity contribution in [3.8, 4) is 11.5 Å². The second-order valence-corrected chi connectivity index (χ2v) is 8.55. The number of aromatic nitrogens is 1. The van der Waals surface area contributed by atoms with Gasteiger partial charge >= 0.3 is 5.97 Å². The first kappa shape index (κ1) is 24.6. The van der Waals surface area contributed by atoms with Gasteiger partial charge in [0.25, 0.3) is 11.5 Å². The van der Waals surface area contributed by atoms with Crippen LogP contribution in [-0.2, 0) is 16.1 Å². The average molecular weight is 459 g/mol. The standard InChI is InChI=1S/C25H34N2O6/c1-5-6-15-27-20-17(11-12-19(31-2)21(20)32-3)16-18(23(27)29)22(28)26-25(24(30)33-4)13-9-7-8-10-14-25/h11-12,16H,5-10,13-15H2,1-4H3,(H,26,28). The summed E-state index contributed by atoms with van der Waals surface area (Å²) in [7, 11) is 4.40. The molecule has 1 fully saturated rings. The van der Waals surface area contributed by atoms with Gasteiger partial charge in [0.05, 0.1) is 26.8 Å².